The quantitative estimate of drug-likeness (QED) is 0.862. The lowest BCUT2D eigenvalue weighted by molar-refractivity contribution is 0.481. The molecule has 18 heavy (non-hydrogen) atoms. The first-order valence-electron chi connectivity index (χ1n) is 6.96. The Morgan fingerprint density at radius 3 is 3.00 bits per heavy atom. The molecule has 1 heterocycles. The Bertz CT molecular complexity index is 531. The Morgan fingerprint density at radius 1 is 1.33 bits per heavy atom. The molecule has 1 N–H and O–H groups in total. The average Bonchev–Trinajstić information content (AvgIpc) is 3.24. The molecule has 0 bridgehead atoms. The molecule has 1 unspecified atom stereocenters. The highest BCUT2D eigenvalue weighted by atomic mass is 14.9. The molecule has 1 aromatic heterocycles. The van der Waals surface area contributed by atoms with Crippen molar-refractivity contribution >= 4 is 10.9 Å². The minimum absolute atomic E-state index is 0.524. The van der Waals surface area contributed by atoms with Crippen LogP contribution in [-0.4, -0.2) is 11.5 Å². The summed E-state index contributed by atoms with van der Waals surface area (Å²) >= 11 is 0. The van der Waals surface area contributed by atoms with Gasteiger partial charge in [0.15, 0.2) is 0 Å². The van der Waals surface area contributed by atoms with E-state index in [1.54, 1.807) is 0 Å². The second-order valence-corrected chi connectivity index (χ2v) is 5.22. The Kier molecular flexibility index (Phi) is 3.28. The van der Waals surface area contributed by atoms with E-state index in [0.29, 0.717) is 6.04 Å². The van der Waals surface area contributed by atoms with Crippen molar-refractivity contribution in [2.45, 2.75) is 32.2 Å². The Balaban J connectivity index is 1.90. The Morgan fingerprint density at radius 2 is 2.22 bits per heavy atom. The lowest BCUT2D eigenvalue weighted by Gasteiger charge is -2.18. The lowest BCUT2D eigenvalue weighted by atomic mass is 10.0. The number of rotatable bonds is 5. The molecular formula is C16H20N2. The van der Waals surface area contributed by atoms with Crippen LogP contribution in [0.3, 0.4) is 0 Å². The highest BCUT2D eigenvalue weighted by Crippen LogP contribution is 2.41. The highest BCUT2D eigenvalue weighted by Gasteiger charge is 2.31. The fourth-order valence-corrected chi connectivity index (χ4v) is 2.56. The van der Waals surface area contributed by atoms with E-state index >= 15 is 0 Å². The van der Waals surface area contributed by atoms with Crippen molar-refractivity contribution in [3.63, 3.8) is 0 Å². The van der Waals surface area contributed by atoms with Crippen LogP contribution in [0.4, 0.5) is 0 Å². The van der Waals surface area contributed by atoms with Crippen LogP contribution in [0.25, 0.3) is 10.9 Å². The molecule has 0 radical (unpaired) electrons. The summed E-state index contributed by atoms with van der Waals surface area (Å²) in [5, 5.41) is 4.91. The van der Waals surface area contributed by atoms with Crippen LogP contribution < -0.4 is 5.32 Å². The summed E-state index contributed by atoms with van der Waals surface area (Å²) in [5.41, 5.74) is 2.51. The molecule has 94 valence electrons. The molecule has 0 aliphatic heterocycles. The van der Waals surface area contributed by atoms with Crippen molar-refractivity contribution in [3.8, 4) is 0 Å². The number of aromatic nitrogens is 1. The van der Waals surface area contributed by atoms with Gasteiger partial charge in [0.25, 0.3) is 0 Å². The van der Waals surface area contributed by atoms with E-state index in [-0.39, 0.29) is 0 Å². The molecular weight excluding hydrogens is 220 g/mol. The van der Waals surface area contributed by atoms with Crippen LogP contribution in [0.2, 0.25) is 0 Å². The van der Waals surface area contributed by atoms with Crippen LogP contribution in [0.15, 0.2) is 36.5 Å². The van der Waals surface area contributed by atoms with Gasteiger partial charge in [0.1, 0.15) is 0 Å². The molecule has 0 spiro atoms. The van der Waals surface area contributed by atoms with Gasteiger partial charge in [0.05, 0.1) is 5.52 Å². The Labute approximate surface area is 108 Å². The number of nitrogens with zero attached hydrogens (tertiary/aromatic N) is 1. The number of pyridine rings is 1. The fraction of sp³-hybridized carbons (Fsp3) is 0.438. The predicted molar refractivity (Wildman–Crippen MR) is 75.5 cm³/mol. The molecule has 1 aliphatic carbocycles. The van der Waals surface area contributed by atoms with Gasteiger partial charge in [-0.3, -0.25) is 4.98 Å². The summed E-state index contributed by atoms with van der Waals surface area (Å²) in [7, 11) is 0. The third kappa shape index (κ3) is 2.39. The van der Waals surface area contributed by atoms with Crippen LogP contribution in [0.5, 0.6) is 0 Å². The first kappa shape index (κ1) is 11.7. The topological polar surface area (TPSA) is 24.9 Å². The van der Waals surface area contributed by atoms with Crippen molar-refractivity contribution in [3.05, 3.63) is 42.1 Å². The molecule has 1 fully saturated rings. The number of nitrogens with one attached hydrogen (secondary N) is 1. The summed E-state index contributed by atoms with van der Waals surface area (Å²) in [6, 6.07) is 11.3. The fourth-order valence-electron chi connectivity index (χ4n) is 2.56. The van der Waals surface area contributed by atoms with Gasteiger partial charge in [0, 0.05) is 17.6 Å². The highest BCUT2D eigenvalue weighted by molar-refractivity contribution is 5.79. The van der Waals surface area contributed by atoms with Crippen LogP contribution in [0.1, 0.15) is 37.8 Å². The van der Waals surface area contributed by atoms with E-state index in [9.17, 15) is 0 Å². The largest absolute Gasteiger partial charge is 0.310 e. The predicted octanol–water partition coefficient (Wildman–Crippen LogP) is 3.69. The smallest absolute Gasteiger partial charge is 0.0705 e. The van der Waals surface area contributed by atoms with Crippen molar-refractivity contribution in [2.75, 3.05) is 6.54 Å². The van der Waals surface area contributed by atoms with Gasteiger partial charge in [-0.2, -0.15) is 0 Å². The Hall–Kier alpha value is -1.41. The van der Waals surface area contributed by atoms with Gasteiger partial charge < -0.3 is 5.32 Å². The van der Waals surface area contributed by atoms with E-state index < -0.39 is 0 Å². The molecule has 1 saturated carbocycles. The van der Waals surface area contributed by atoms with E-state index in [1.807, 2.05) is 12.3 Å². The summed E-state index contributed by atoms with van der Waals surface area (Å²) in [5.74, 6) is 0.831. The monoisotopic (exact) mass is 240 g/mol. The number of benzene rings is 1. The number of fused-ring (bicyclic) bond motifs is 1. The van der Waals surface area contributed by atoms with Gasteiger partial charge >= 0.3 is 0 Å². The second-order valence-electron chi connectivity index (χ2n) is 5.22. The maximum Gasteiger partial charge on any atom is 0.0705 e. The molecule has 1 atom stereocenters. The lowest BCUT2D eigenvalue weighted by Crippen LogP contribution is -2.23. The zero-order valence-corrected chi connectivity index (χ0v) is 10.9. The van der Waals surface area contributed by atoms with Gasteiger partial charge in [-0.25, -0.2) is 0 Å². The maximum atomic E-state index is 4.46. The number of hydrogen-bond donors (Lipinski definition) is 1. The third-order valence-electron chi connectivity index (χ3n) is 3.70. The van der Waals surface area contributed by atoms with E-state index in [4.69, 9.17) is 0 Å². The summed E-state index contributed by atoms with van der Waals surface area (Å²) in [6.45, 7) is 3.32. The molecule has 0 saturated heterocycles. The van der Waals surface area contributed by atoms with E-state index in [0.717, 1.165) is 18.0 Å². The molecule has 2 aromatic rings. The first-order valence-corrected chi connectivity index (χ1v) is 6.96. The zero-order chi connectivity index (χ0) is 12.4. The van der Waals surface area contributed by atoms with Crippen LogP contribution >= 0.6 is 0 Å². The normalized spacial score (nSPS) is 16.9. The van der Waals surface area contributed by atoms with Gasteiger partial charge in [-0.15, -0.1) is 0 Å². The minimum Gasteiger partial charge on any atom is -0.310 e. The van der Waals surface area contributed by atoms with Crippen molar-refractivity contribution in [2.24, 2.45) is 5.92 Å². The van der Waals surface area contributed by atoms with E-state index in [1.165, 1.54) is 30.2 Å². The molecule has 3 rings (SSSR count). The third-order valence-corrected chi connectivity index (χ3v) is 3.70. The summed E-state index contributed by atoms with van der Waals surface area (Å²) < 4.78 is 0. The van der Waals surface area contributed by atoms with Crippen LogP contribution in [0, 0.1) is 5.92 Å². The van der Waals surface area contributed by atoms with Crippen molar-refractivity contribution in [1.82, 2.24) is 10.3 Å². The molecule has 1 aromatic carbocycles. The van der Waals surface area contributed by atoms with Crippen LogP contribution in [-0.2, 0) is 0 Å². The van der Waals surface area contributed by atoms with Gasteiger partial charge in [0.2, 0.25) is 0 Å². The van der Waals surface area contributed by atoms with Gasteiger partial charge in [-0.05, 0) is 49.4 Å². The standard InChI is InChI=1S/C16H20N2/c1-2-9-18-16(13-6-7-13)14-8-5-12-4-3-10-17-15(12)11-14/h3-5,8,10-11,13,16,18H,2,6-7,9H2,1H3. The first-order chi connectivity index (χ1) is 8.88. The van der Waals surface area contributed by atoms with Crippen molar-refractivity contribution < 1.29 is 0 Å². The number of hydrogen-bond acceptors (Lipinski definition) is 2. The average molecular weight is 240 g/mol. The van der Waals surface area contributed by atoms with Gasteiger partial charge in [-0.1, -0.05) is 25.1 Å². The molecule has 2 heteroatoms. The zero-order valence-electron chi connectivity index (χ0n) is 10.9. The maximum absolute atomic E-state index is 4.46. The van der Waals surface area contributed by atoms with E-state index in [2.05, 4.69) is 41.5 Å². The minimum atomic E-state index is 0.524. The summed E-state index contributed by atoms with van der Waals surface area (Å²) in [4.78, 5) is 4.46. The van der Waals surface area contributed by atoms with Crippen molar-refractivity contribution in [1.29, 1.82) is 0 Å². The molecule has 0 amide bonds. The summed E-state index contributed by atoms with van der Waals surface area (Å²) in [6.07, 6.45) is 5.79. The molecule has 2 nitrogen and oxygen atoms in total. The SMILES string of the molecule is CCCNC(c1ccc2cccnc2c1)C1CC1. The second kappa shape index (κ2) is 5.07. The molecule has 1 aliphatic rings.